The Labute approximate surface area is 385 Å². The SMILES string of the molecule is c1ccc(-c2cc(-c3ccccc3)nc(-n3c4ccccc4c4cc(-c5nnc(-c6ccc7c(c6)c6ccccc6n7-c6cc(-c7ccccc7)cc(-c7ccccc7)n6)o5)ccc43)c2)cc1. The van der Waals surface area contributed by atoms with Crippen LogP contribution in [0.1, 0.15) is 0 Å². The number of pyridine rings is 2. The van der Waals surface area contributed by atoms with Crippen LogP contribution in [0.3, 0.4) is 0 Å². The Morgan fingerprint density at radius 2 is 0.627 bits per heavy atom. The molecule has 0 atom stereocenters. The van der Waals surface area contributed by atoms with Crippen molar-refractivity contribution in [1.82, 2.24) is 29.3 Å². The molecule has 0 saturated heterocycles. The Kier molecular flexibility index (Phi) is 9.03. The highest BCUT2D eigenvalue weighted by atomic mass is 16.4. The lowest BCUT2D eigenvalue weighted by atomic mass is 10.0. The van der Waals surface area contributed by atoms with Gasteiger partial charge in [0.15, 0.2) is 0 Å². The summed E-state index contributed by atoms with van der Waals surface area (Å²) in [6, 6.07) is 80.1. The Balaban J connectivity index is 0.906. The fourth-order valence-corrected chi connectivity index (χ4v) is 9.53. The van der Waals surface area contributed by atoms with Crippen LogP contribution in [0.25, 0.3) is 123 Å². The Morgan fingerprint density at radius 3 is 1.04 bits per heavy atom. The summed E-state index contributed by atoms with van der Waals surface area (Å²) in [5.41, 5.74) is 14.2. The Morgan fingerprint density at radius 1 is 0.269 bits per heavy atom. The molecule has 0 saturated carbocycles. The van der Waals surface area contributed by atoms with Crippen molar-refractivity contribution < 1.29 is 4.42 Å². The smallest absolute Gasteiger partial charge is 0.248 e. The molecule has 0 amide bonds. The predicted molar refractivity (Wildman–Crippen MR) is 271 cm³/mol. The molecule has 13 aromatic rings. The van der Waals surface area contributed by atoms with Crippen molar-refractivity contribution in [3.8, 4) is 79.3 Å². The van der Waals surface area contributed by atoms with E-state index in [0.29, 0.717) is 11.8 Å². The van der Waals surface area contributed by atoms with E-state index in [1.807, 2.05) is 24.3 Å². The first-order valence-electron chi connectivity index (χ1n) is 22.4. The van der Waals surface area contributed by atoms with Gasteiger partial charge in [-0.3, -0.25) is 9.13 Å². The fourth-order valence-electron chi connectivity index (χ4n) is 9.53. The van der Waals surface area contributed by atoms with E-state index < -0.39 is 0 Å². The number of rotatable bonds is 8. The summed E-state index contributed by atoms with van der Waals surface area (Å²) < 4.78 is 11.1. The van der Waals surface area contributed by atoms with Gasteiger partial charge in [0, 0.05) is 43.8 Å². The van der Waals surface area contributed by atoms with E-state index in [0.717, 1.165) is 111 Å². The molecule has 0 fully saturated rings. The second-order valence-corrected chi connectivity index (χ2v) is 16.7. The molecule has 0 N–H and O–H groups in total. The van der Waals surface area contributed by atoms with Gasteiger partial charge in [-0.15, -0.1) is 10.2 Å². The van der Waals surface area contributed by atoms with E-state index in [9.17, 15) is 0 Å². The van der Waals surface area contributed by atoms with Gasteiger partial charge in [-0.05, 0) is 95.1 Å². The van der Waals surface area contributed by atoms with Crippen LogP contribution < -0.4 is 0 Å². The van der Waals surface area contributed by atoms with Crippen molar-refractivity contribution in [2.75, 3.05) is 0 Å². The molecular formula is C60H38N6O. The van der Waals surface area contributed by atoms with E-state index in [-0.39, 0.29) is 0 Å². The summed E-state index contributed by atoms with van der Waals surface area (Å²) in [7, 11) is 0. The topological polar surface area (TPSA) is 74.6 Å². The van der Waals surface area contributed by atoms with Crippen molar-refractivity contribution in [2.24, 2.45) is 0 Å². The van der Waals surface area contributed by atoms with Crippen molar-refractivity contribution >= 4 is 43.6 Å². The number of benzene rings is 8. The number of hydrogen-bond acceptors (Lipinski definition) is 5. The second-order valence-electron chi connectivity index (χ2n) is 16.7. The van der Waals surface area contributed by atoms with Gasteiger partial charge in [0.2, 0.25) is 11.8 Å². The van der Waals surface area contributed by atoms with Crippen LogP contribution in [0.15, 0.2) is 235 Å². The molecule has 0 aliphatic carbocycles. The summed E-state index contributed by atoms with van der Waals surface area (Å²) in [6.07, 6.45) is 0. The molecule has 0 unspecified atom stereocenters. The van der Waals surface area contributed by atoms with Crippen LogP contribution in [0, 0.1) is 0 Å². The highest BCUT2D eigenvalue weighted by Gasteiger charge is 2.21. The van der Waals surface area contributed by atoms with Gasteiger partial charge in [0.1, 0.15) is 11.6 Å². The molecule has 0 spiro atoms. The minimum Gasteiger partial charge on any atom is -0.416 e. The van der Waals surface area contributed by atoms with E-state index in [2.05, 4.69) is 226 Å². The zero-order valence-corrected chi connectivity index (χ0v) is 36.0. The van der Waals surface area contributed by atoms with Gasteiger partial charge in [-0.25, -0.2) is 9.97 Å². The third-order valence-corrected chi connectivity index (χ3v) is 12.7. The first kappa shape index (κ1) is 38.3. The van der Waals surface area contributed by atoms with Gasteiger partial charge in [-0.2, -0.15) is 0 Å². The molecular weight excluding hydrogens is 821 g/mol. The summed E-state index contributed by atoms with van der Waals surface area (Å²) in [5, 5.41) is 13.6. The average Bonchev–Trinajstić information content (AvgIpc) is 4.13. The van der Waals surface area contributed by atoms with Crippen molar-refractivity contribution in [3.63, 3.8) is 0 Å². The average molecular weight is 859 g/mol. The quantitative estimate of drug-likeness (QED) is 0.152. The molecule has 0 aliphatic heterocycles. The fraction of sp³-hybridized carbons (Fsp3) is 0. The summed E-state index contributed by atoms with van der Waals surface area (Å²) >= 11 is 0. The molecule has 7 nitrogen and oxygen atoms in total. The summed E-state index contributed by atoms with van der Waals surface area (Å²) in [4.78, 5) is 10.6. The van der Waals surface area contributed by atoms with Gasteiger partial charge < -0.3 is 4.42 Å². The van der Waals surface area contributed by atoms with Crippen LogP contribution >= 0.6 is 0 Å². The molecule has 7 heteroatoms. The van der Waals surface area contributed by atoms with E-state index in [4.69, 9.17) is 14.4 Å². The highest BCUT2D eigenvalue weighted by Crippen LogP contribution is 2.39. The lowest BCUT2D eigenvalue weighted by Gasteiger charge is -2.13. The molecule has 0 bridgehead atoms. The molecule has 314 valence electrons. The highest BCUT2D eigenvalue weighted by molar-refractivity contribution is 6.11. The molecule has 8 aromatic carbocycles. The zero-order valence-electron chi connectivity index (χ0n) is 36.0. The number of aromatic nitrogens is 6. The predicted octanol–water partition coefficient (Wildman–Crippen LogP) is 15.1. The molecule has 0 radical (unpaired) electrons. The number of nitrogens with zero attached hydrogens (tertiary/aromatic N) is 6. The molecule has 0 aliphatic rings. The second kappa shape index (κ2) is 15.8. The van der Waals surface area contributed by atoms with Crippen molar-refractivity contribution in [1.29, 1.82) is 0 Å². The summed E-state index contributed by atoms with van der Waals surface area (Å²) in [6.45, 7) is 0. The maximum Gasteiger partial charge on any atom is 0.248 e. The molecule has 13 rings (SSSR count). The van der Waals surface area contributed by atoms with Crippen LogP contribution in [0.4, 0.5) is 0 Å². The van der Waals surface area contributed by atoms with Gasteiger partial charge in [-0.1, -0.05) is 158 Å². The Bertz CT molecular complexity index is 3590. The maximum atomic E-state index is 6.56. The minimum absolute atomic E-state index is 0.446. The first-order chi connectivity index (χ1) is 33.2. The number of fused-ring (bicyclic) bond motifs is 6. The third kappa shape index (κ3) is 6.68. The lowest BCUT2D eigenvalue weighted by Crippen LogP contribution is -2.00. The van der Waals surface area contributed by atoms with Gasteiger partial charge in [0.25, 0.3) is 0 Å². The van der Waals surface area contributed by atoms with Gasteiger partial charge >= 0.3 is 0 Å². The van der Waals surface area contributed by atoms with Crippen LogP contribution in [0.5, 0.6) is 0 Å². The van der Waals surface area contributed by atoms with Crippen molar-refractivity contribution in [3.05, 3.63) is 231 Å². The number of hydrogen-bond donors (Lipinski definition) is 0. The molecule has 5 aromatic heterocycles. The monoisotopic (exact) mass is 858 g/mol. The van der Waals surface area contributed by atoms with Crippen LogP contribution in [-0.4, -0.2) is 29.3 Å². The van der Waals surface area contributed by atoms with Crippen LogP contribution in [-0.2, 0) is 0 Å². The molecule has 67 heavy (non-hydrogen) atoms. The van der Waals surface area contributed by atoms with Crippen molar-refractivity contribution in [2.45, 2.75) is 0 Å². The zero-order chi connectivity index (χ0) is 44.3. The Hall–Kier alpha value is -9.20. The van der Waals surface area contributed by atoms with E-state index in [1.54, 1.807) is 0 Å². The standard InChI is InChI=1S/C60H38N6O/c1-5-17-39(18-6-1)45-35-51(41-21-9-3-10-22-41)61-57(37-45)65-53-27-15-13-25-47(53)49-33-43(29-31-55(49)65)59-63-64-60(67-59)44-30-32-56-50(34-44)48-26-14-16-28-54(48)66(56)58-38-46(40-19-7-2-8-20-40)36-52(62-58)42-23-11-4-12-24-42/h1-38H. The van der Waals surface area contributed by atoms with Crippen LogP contribution in [0.2, 0.25) is 0 Å². The largest absolute Gasteiger partial charge is 0.416 e. The first-order valence-corrected chi connectivity index (χ1v) is 22.4. The lowest BCUT2D eigenvalue weighted by molar-refractivity contribution is 0.585. The number of para-hydroxylation sites is 2. The van der Waals surface area contributed by atoms with E-state index >= 15 is 0 Å². The summed E-state index contributed by atoms with van der Waals surface area (Å²) in [5.74, 6) is 2.57. The maximum absolute atomic E-state index is 6.56. The van der Waals surface area contributed by atoms with E-state index in [1.165, 1.54) is 0 Å². The normalized spacial score (nSPS) is 11.6. The minimum atomic E-state index is 0.446. The molecule has 5 heterocycles. The van der Waals surface area contributed by atoms with Gasteiger partial charge in [0.05, 0.1) is 33.5 Å². The third-order valence-electron chi connectivity index (χ3n) is 12.7.